The third-order valence-electron chi connectivity index (χ3n) is 4.94. The van der Waals surface area contributed by atoms with Crippen LogP contribution in [0.4, 0.5) is 49.6 Å². The zero-order chi connectivity index (χ0) is 28.3. The number of ether oxygens (including phenoxy) is 2. The monoisotopic (exact) mass is 557 g/mol. The standard InChI is InChI=1S/C24H17F10NO3/c25-20-8-7-17(11-19(20)22(26,27)28)37-16-5-2-4-15(10-16)35(13-21(36)23(29,30)31)12-14-3-1-6-18(9-14)38-24(32,33)34/h1-11,21,36H,12-13H2/t21-/m1/s1. The smallest absolute Gasteiger partial charge is 0.457 e. The van der Waals surface area contributed by atoms with Crippen molar-refractivity contribution in [2.24, 2.45) is 0 Å². The molecule has 3 rings (SSSR count). The lowest BCUT2D eigenvalue weighted by molar-refractivity contribution is -0.274. The number of aliphatic hydroxyl groups excluding tert-OH is 1. The predicted octanol–water partition coefficient (Wildman–Crippen LogP) is 7.47. The quantitative estimate of drug-likeness (QED) is 0.292. The molecule has 0 fully saturated rings. The van der Waals surface area contributed by atoms with Gasteiger partial charge in [-0.15, -0.1) is 13.2 Å². The van der Waals surface area contributed by atoms with Crippen molar-refractivity contribution in [2.45, 2.75) is 31.4 Å². The molecule has 0 saturated carbocycles. The Balaban J connectivity index is 1.91. The summed E-state index contributed by atoms with van der Waals surface area (Å²) in [5, 5.41) is 9.63. The van der Waals surface area contributed by atoms with Crippen LogP contribution in [0.1, 0.15) is 11.1 Å². The van der Waals surface area contributed by atoms with Gasteiger partial charge in [0.05, 0.1) is 12.1 Å². The Kier molecular flexibility index (Phi) is 8.34. The molecule has 0 aliphatic carbocycles. The molecular weight excluding hydrogens is 540 g/mol. The minimum atomic E-state index is -5.03. The molecule has 1 atom stereocenters. The highest BCUT2D eigenvalue weighted by atomic mass is 19.4. The van der Waals surface area contributed by atoms with Crippen LogP contribution in [0, 0.1) is 5.82 Å². The molecule has 0 spiro atoms. The minimum Gasteiger partial charge on any atom is -0.457 e. The minimum absolute atomic E-state index is 0.0221. The van der Waals surface area contributed by atoms with E-state index in [4.69, 9.17) is 4.74 Å². The molecule has 0 bridgehead atoms. The normalized spacial score (nSPS) is 13.2. The number of anilines is 1. The van der Waals surface area contributed by atoms with Crippen molar-refractivity contribution >= 4 is 5.69 Å². The van der Waals surface area contributed by atoms with E-state index in [1.165, 1.54) is 30.3 Å². The first-order valence-electron chi connectivity index (χ1n) is 10.5. The Morgan fingerprint density at radius 3 is 2.03 bits per heavy atom. The summed E-state index contributed by atoms with van der Waals surface area (Å²) >= 11 is 0. The van der Waals surface area contributed by atoms with E-state index in [0.29, 0.717) is 12.1 Å². The Morgan fingerprint density at radius 1 is 0.763 bits per heavy atom. The fourth-order valence-corrected chi connectivity index (χ4v) is 3.30. The molecule has 1 N–H and O–H groups in total. The molecule has 0 saturated heterocycles. The second-order valence-corrected chi connectivity index (χ2v) is 7.87. The molecule has 0 unspecified atom stereocenters. The van der Waals surface area contributed by atoms with E-state index in [1.807, 2.05) is 0 Å². The van der Waals surface area contributed by atoms with E-state index < -0.39 is 60.8 Å². The first-order valence-corrected chi connectivity index (χ1v) is 10.5. The van der Waals surface area contributed by atoms with Crippen molar-refractivity contribution in [3.63, 3.8) is 0 Å². The van der Waals surface area contributed by atoms with E-state index in [2.05, 4.69) is 4.74 Å². The van der Waals surface area contributed by atoms with E-state index in [0.717, 1.165) is 29.2 Å². The maximum absolute atomic E-state index is 13.5. The van der Waals surface area contributed by atoms with Gasteiger partial charge in [-0.2, -0.15) is 26.3 Å². The molecule has 4 nitrogen and oxygen atoms in total. The SMILES string of the molecule is O[C@H](CN(Cc1cccc(OC(F)(F)F)c1)c1cccc(Oc2ccc(F)c(C(F)(F)F)c2)c1)C(F)(F)F. The lowest BCUT2D eigenvalue weighted by Gasteiger charge is -2.29. The number of hydrogen-bond acceptors (Lipinski definition) is 4. The van der Waals surface area contributed by atoms with Gasteiger partial charge < -0.3 is 19.5 Å². The Morgan fingerprint density at radius 2 is 1.39 bits per heavy atom. The van der Waals surface area contributed by atoms with Gasteiger partial charge in [-0.25, -0.2) is 4.39 Å². The lowest BCUT2D eigenvalue weighted by atomic mass is 10.1. The number of alkyl halides is 9. The summed E-state index contributed by atoms with van der Waals surface area (Å²) in [6.45, 7) is -1.48. The average molecular weight is 557 g/mol. The Bertz CT molecular complexity index is 1240. The van der Waals surface area contributed by atoms with Gasteiger partial charge in [0.2, 0.25) is 0 Å². The van der Waals surface area contributed by atoms with Crippen LogP contribution in [0.2, 0.25) is 0 Å². The van der Waals surface area contributed by atoms with Gasteiger partial charge >= 0.3 is 18.7 Å². The van der Waals surface area contributed by atoms with Crippen LogP contribution in [-0.4, -0.2) is 30.3 Å². The van der Waals surface area contributed by atoms with Gasteiger partial charge in [0.15, 0.2) is 6.10 Å². The van der Waals surface area contributed by atoms with Gasteiger partial charge in [-0.1, -0.05) is 18.2 Å². The van der Waals surface area contributed by atoms with Crippen molar-refractivity contribution in [1.82, 2.24) is 0 Å². The predicted molar refractivity (Wildman–Crippen MR) is 114 cm³/mol. The average Bonchev–Trinajstić information content (AvgIpc) is 2.78. The van der Waals surface area contributed by atoms with Crippen molar-refractivity contribution in [1.29, 1.82) is 0 Å². The summed E-state index contributed by atoms with van der Waals surface area (Å²) in [7, 11) is 0. The zero-order valence-electron chi connectivity index (χ0n) is 18.8. The molecule has 0 aromatic heterocycles. The number of halogens is 10. The third-order valence-corrected chi connectivity index (χ3v) is 4.94. The topological polar surface area (TPSA) is 41.9 Å². The van der Waals surface area contributed by atoms with Crippen LogP contribution in [0.5, 0.6) is 17.2 Å². The molecular formula is C24H17F10NO3. The maximum Gasteiger partial charge on any atom is 0.573 e. The van der Waals surface area contributed by atoms with E-state index in [9.17, 15) is 49.0 Å². The molecule has 0 heterocycles. The van der Waals surface area contributed by atoms with E-state index in [1.54, 1.807) is 0 Å². The molecule has 38 heavy (non-hydrogen) atoms. The summed E-state index contributed by atoms with van der Waals surface area (Å²) in [5.74, 6) is -2.74. The molecule has 3 aromatic carbocycles. The largest absolute Gasteiger partial charge is 0.573 e. The highest BCUT2D eigenvalue weighted by molar-refractivity contribution is 5.52. The summed E-state index contributed by atoms with van der Waals surface area (Å²) in [6, 6.07) is 11.2. The van der Waals surface area contributed by atoms with Gasteiger partial charge in [-0.3, -0.25) is 0 Å². The van der Waals surface area contributed by atoms with Gasteiger partial charge in [0.1, 0.15) is 23.1 Å². The lowest BCUT2D eigenvalue weighted by Crippen LogP contribution is -2.40. The van der Waals surface area contributed by atoms with Crippen LogP contribution in [-0.2, 0) is 12.7 Å². The van der Waals surface area contributed by atoms with Gasteiger partial charge in [0.25, 0.3) is 0 Å². The zero-order valence-corrected chi connectivity index (χ0v) is 18.8. The third kappa shape index (κ3) is 8.16. The second-order valence-electron chi connectivity index (χ2n) is 7.87. The van der Waals surface area contributed by atoms with Crippen molar-refractivity contribution in [2.75, 3.05) is 11.4 Å². The van der Waals surface area contributed by atoms with Crippen molar-refractivity contribution in [3.8, 4) is 17.2 Å². The Labute approximate surface area is 208 Å². The van der Waals surface area contributed by atoms with Crippen LogP contribution in [0.15, 0.2) is 66.7 Å². The van der Waals surface area contributed by atoms with Gasteiger partial charge in [0, 0.05) is 18.3 Å². The van der Waals surface area contributed by atoms with Crippen LogP contribution >= 0.6 is 0 Å². The molecule has 0 aliphatic rings. The second kappa shape index (κ2) is 11.0. The summed E-state index contributed by atoms with van der Waals surface area (Å²) in [4.78, 5) is 0.976. The number of aliphatic hydroxyl groups is 1. The Hall–Kier alpha value is -3.68. The number of benzene rings is 3. The molecule has 0 amide bonds. The molecule has 3 aromatic rings. The van der Waals surface area contributed by atoms with Crippen molar-refractivity contribution < 1.29 is 58.5 Å². The van der Waals surface area contributed by atoms with Crippen LogP contribution in [0.25, 0.3) is 0 Å². The van der Waals surface area contributed by atoms with Crippen LogP contribution < -0.4 is 14.4 Å². The van der Waals surface area contributed by atoms with Crippen LogP contribution in [0.3, 0.4) is 0 Å². The van der Waals surface area contributed by atoms with E-state index in [-0.39, 0.29) is 17.0 Å². The fourth-order valence-electron chi connectivity index (χ4n) is 3.30. The first kappa shape index (κ1) is 28.9. The fraction of sp³-hybridized carbons (Fsp3) is 0.250. The molecule has 14 heteroatoms. The van der Waals surface area contributed by atoms with Gasteiger partial charge in [-0.05, 0) is 48.0 Å². The highest BCUT2D eigenvalue weighted by Gasteiger charge is 2.39. The summed E-state index contributed by atoms with van der Waals surface area (Å²) < 4.78 is 139. The number of nitrogens with zero attached hydrogens (tertiary/aromatic N) is 1. The molecule has 0 radical (unpaired) electrons. The summed E-state index contributed by atoms with van der Waals surface area (Å²) in [6.07, 6.45) is -17.9. The maximum atomic E-state index is 13.5. The van der Waals surface area contributed by atoms with Crippen molar-refractivity contribution in [3.05, 3.63) is 83.7 Å². The molecule has 0 aliphatic heterocycles. The van der Waals surface area contributed by atoms with E-state index >= 15 is 0 Å². The summed E-state index contributed by atoms with van der Waals surface area (Å²) in [5.41, 5.74) is -1.53. The number of hydrogen-bond donors (Lipinski definition) is 1. The molecule has 206 valence electrons. The first-order chi connectivity index (χ1) is 17.5. The number of rotatable bonds is 8. The highest BCUT2D eigenvalue weighted by Crippen LogP contribution is 2.36.